The van der Waals surface area contributed by atoms with E-state index in [2.05, 4.69) is 48.6 Å². The molecule has 162 valence electrons. The lowest BCUT2D eigenvalue weighted by Gasteiger charge is -2.32. The summed E-state index contributed by atoms with van der Waals surface area (Å²) >= 11 is 0. The van der Waals surface area contributed by atoms with Gasteiger partial charge in [0, 0.05) is 47.8 Å². The fraction of sp³-hybridized carbons (Fsp3) is 0.480. The van der Waals surface area contributed by atoms with Gasteiger partial charge in [-0.25, -0.2) is 0 Å². The van der Waals surface area contributed by atoms with Crippen LogP contribution in [0.15, 0.2) is 42.9 Å². The molecule has 0 saturated carbocycles. The van der Waals surface area contributed by atoms with Crippen LogP contribution in [0.3, 0.4) is 0 Å². The molecular formula is C25H35N3O2. The zero-order valence-electron chi connectivity index (χ0n) is 18.6. The molecule has 30 heavy (non-hydrogen) atoms. The average molecular weight is 410 g/mol. The van der Waals surface area contributed by atoms with Gasteiger partial charge in [-0.05, 0) is 61.9 Å². The molecule has 1 aromatic heterocycles. The van der Waals surface area contributed by atoms with Crippen LogP contribution in [-0.2, 0) is 17.6 Å². The second-order valence-electron chi connectivity index (χ2n) is 8.24. The number of hydrogen-bond acceptors (Lipinski definition) is 3. The Kier molecular flexibility index (Phi) is 7.75. The van der Waals surface area contributed by atoms with Crippen molar-refractivity contribution in [2.45, 2.75) is 58.9 Å². The standard InChI is InChI=1S/C25H35N3O2/c1-5-8-23-21(6-2)22-15-19(9-10-24(22)27-23)25(29)26-20-11-13-28(14-12-20)16-18(4)17-30-7-3/h7,9-10,15,17,20,27H,3,5-6,8,11-14,16H2,1-2,4H3,(H,26,29)/b18-17+. The smallest absolute Gasteiger partial charge is 0.251 e. The summed E-state index contributed by atoms with van der Waals surface area (Å²) in [6, 6.07) is 6.27. The Balaban J connectivity index is 1.60. The Morgan fingerprint density at radius 3 is 2.77 bits per heavy atom. The van der Waals surface area contributed by atoms with Crippen LogP contribution in [0.1, 0.15) is 61.6 Å². The van der Waals surface area contributed by atoms with Gasteiger partial charge in [0.25, 0.3) is 5.91 Å². The normalized spacial score (nSPS) is 16.0. The summed E-state index contributed by atoms with van der Waals surface area (Å²) in [5.41, 5.74) is 5.71. The summed E-state index contributed by atoms with van der Waals surface area (Å²) in [6.45, 7) is 12.8. The fourth-order valence-electron chi connectivity index (χ4n) is 4.37. The summed E-state index contributed by atoms with van der Waals surface area (Å²) in [4.78, 5) is 18.8. The predicted octanol–water partition coefficient (Wildman–Crippen LogP) is 4.94. The minimum Gasteiger partial charge on any atom is -0.473 e. The number of carbonyl (C=O) groups excluding carboxylic acids is 1. The molecule has 1 aliphatic heterocycles. The highest BCUT2D eigenvalue weighted by molar-refractivity contribution is 5.99. The third-order valence-corrected chi connectivity index (χ3v) is 5.87. The van der Waals surface area contributed by atoms with Gasteiger partial charge in [0.1, 0.15) is 0 Å². The van der Waals surface area contributed by atoms with E-state index in [4.69, 9.17) is 4.74 Å². The first-order valence-corrected chi connectivity index (χ1v) is 11.1. The number of aromatic nitrogens is 1. The van der Waals surface area contributed by atoms with Gasteiger partial charge < -0.3 is 15.0 Å². The van der Waals surface area contributed by atoms with Crippen LogP contribution in [-0.4, -0.2) is 41.5 Å². The van der Waals surface area contributed by atoms with E-state index >= 15 is 0 Å². The Morgan fingerprint density at radius 1 is 1.33 bits per heavy atom. The van der Waals surface area contributed by atoms with Gasteiger partial charge in [-0.15, -0.1) is 0 Å². The molecule has 2 heterocycles. The molecule has 1 saturated heterocycles. The molecule has 3 rings (SSSR count). The molecule has 0 bridgehead atoms. The lowest BCUT2D eigenvalue weighted by Crippen LogP contribution is -2.45. The highest BCUT2D eigenvalue weighted by Crippen LogP contribution is 2.25. The van der Waals surface area contributed by atoms with Gasteiger partial charge in [0.15, 0.2) is 0 Å². The van der Waals surface area contributed by atoms with E-state index in [1.54, 1.807) is 6.26 Å². The Hall–Kier alpha value is -2.53. The van der Waals surface area contributed by atoms with Crippen molar-refractivity contribution in [3.8, 4) is 0 Å². The molecule has 5 nitrogen and oxygen atoms in total. The van der Waals surface area contributed by atoms with Crippen molar-refractivity contribution in [1.29, 1.82) is 0 Å². The average Bonchev–Trinajstić information content (AvgIpc) is 3.10. The molecule has 1 amide bonds. The van der Waals surface area contributed by atoms with Crippen LogP contribution in [0, 0.1) is 0 Å². The maximum Gasteiger partial charge on any atom is 0.251 e. The van der Waals surface area contributed by atoms with Gasteiger partial charge in [-0.1, -0.05) is 26.8 Å². The summed E-state index contributed by atoms with van der Waals surface area (Å²) in [5.74, 6) is 0.0334. The van der Waals surface area contributed by atoms with E-state index < -0.39 is 0 Å². The van der Waals surface area contributed by atoms with Crippen LogP contribution in [0.2, 0.25) is 0 Å². The van der Waals surface area contributed by atoms with Gasteiger partial charge in [0.05, 0.1) is 12.5 Å². The van der Waals surface area contributed by atoms with E-state index in [-0.39, 0.29) is 11.9 Å². The lowest BCUT2D eigenvalue weighted by molar-refractivity contribution is 0.0913. The molecule has 5 heteroatoms. The minimum absolute atomic E-state index is 0.0334. The number of fused-ring (bicyclic) bond motifs is 1. The van der Waals surface area contributed by atoms with E-state index in [1.807, 2.05) is 12.1 Å². The molecule has 1 aliphatic rings. The number of H-pyrrole nitrogens is 1. The Bertz CT molecular complexity index is 904. The third-order valence-electron chi connectivity index (χ3n) is 5.87. The number of hydrogen-bond donors (Lipinski definition) is 2. The number of ether oxygens (including phenoxy) is 1. The van der Waals surface area contributed by atoms with Crippen LogP contribution in [0.4, 0.5) is 0 Å². The number of aromatic amines is 1. The Labute approximate surface area is 180 Å². The van der Waals surface area contributed by atoms with Crippen molar-refractivity contribution in [3.05, 3.63) is 59.7 Å². The van der Waals surface area contributed by atoms with Crippen LogP contribution in [0.25, 0.3) is 10.9 Å². The number of rotatable bonds is 9. The predicted molar refractivity (Wildman–Crippen MR) is 124 cm³/mol. The van der Waals surface area contributed by atoms with Gasteiger partial charge in [0.2, 0.25) is 0 Å². The maximum absolute atomic E-state index is 12.9. The zero-order valence-corrected chi connectivity index (χ0v) is 18.6. The van der Waals surface area contributed by atoms with Gasteiger partial charge in [-0.2, -0.15) is 0 Å². The first-order valence-electron chi connectivity index (χ1n) is 11.1. The lowest BCUT2D eigenvalue weighted by atomic mass is 10.0. The summed E-state index contributed by atoms with van der Waals surface area (Å²) in [6.07, 6.45) is 8.25. The monoisotopic (exact) mass is 409 g/mol. The van der Waals surface area contributed by atoms with Crippen molar-refractivity contribution in [1.82, 2.24) is 15.2 Å². The summed E-state index contributed by atoms with van der Waals surface area (Å²) in [7, 11) is 0. The maximum atomic E-state index is 12.9. The van der Waals surface area contributed by atoms with Gasteiger partial charge in [-0.3, -0.25) is 9.69 Å². The van der Waals surface area contributed by atoms with Crippen LogP contribution in [0.5, 0.6) is 0 Å². The number of piperidine rings is 1. The van der Waals surface area contributed by atoms with Crippen molar-refractivity contribution in [2.75, 3.05) is 19.6 Å². The molecule has 0 atom stereocenters. The number of benzene rings is 1. The number of likely N-dealkylation sites (tertiary alicyclic amines) is 1. The number of aryl methyl sites for hydroxylation is 2. The number of amides is 1. The molecule has 0 radical (unpaired) electrons. The van der Waals surface area contributed by atoms with Crippen molar-refractivity contribution < 1.29 is 9.53 Å². The van der Waals surface area contributed by atoms with E-state index in [9.17, 15) is 4.79 Å². The topological polar surface area (TPSA) is 57.4 Å². The second-order valence-corrected chi connectivity index (χ2v) is 8.24. The van der Waals surface area contributed by atoms with E-state index in [1.165, 1.54) is 28.5 Å². The molecule has 0 spiro atoms. The van der Waals surface area contributed by atoms with Crippen LogP contribution < -0.4 is 5.32 Å². The SMILES string of the molecule is C=CO/C=C(\C)CN1CCC(NC(=O)c2ccc3[nH]c(CCC)c(CC)c3c2)CC1. The highest BCUT2D eigenvalue weighted by Gasteiger charge is 2.22. The first kappa shape index (κ1) is 22.2. The zero-order chi connectivity index (χ0) is 21.5. The number of nitrogens with zero attached hydrogens (tertiary/aromatic N) is 1. The molecule has 2 aromatic rings. The molecule has 1 fully saturated rings. The van der Waals surface area contributed by atoms with E-state index in [0.29, 0.717) is 0 Å². The van der Waals surface area contributed by atoms with Crippen LogP contribution >= 0.6 is 0 Å². The molecule has 1 aromatic carbocycles. The van der Waals surface area contributed by atoms with Crippen molar-refractivity contribution >= 4 is 16.8 Å². The first-order chi connectivity index (χ1) is 14.5. The number of nitrogens with one attached hydrogen (secondary N) is 2. The third kappa shape index (κ3) is 5.33. The molecule has 0 unspecified atom stereocenters. The number of carbonyl (C=O) groups is 1. The fourth-order valence-corrected chi connectivity index (χ4v) is 4.37. The largest absolute Gasteiger partial charge is 0.473 e. The summed E-state index contributed by atoms with van der Waals surface area (Å²) in [5, 5.41) is 4.44. The van der Waals surface area contributed by atoms with Gasteiger partial charge >= 0.3 is 0 Å². The minimum atomic E-state index is 0.0334. The van der Waals surface area contributed by atoms with Crippen molar-refractivity contribution in [3.63, 3.8) is 0 Å². The Morgan fingerprint density at radius 2 is 2.10 bits per heavy atom. The van der Waals surface area contributed by atoms with E-state index in [0.717, 1.165) is 62.8 Å². The highest BCUT2D eigenvalue weighted by atomic mass is 16.5. The second kappa shape index (κ2) is 10.5. The quantitative estimate of drug-likeness (QED) is 0.577. The summed E-state index contributed by atoms with van der Waals surface area (Å²) < 4.78 is 5.14. The van der Waals surface area contributed by atoms with Crippen molar-refractivity contribution in [2.24, 2.45) is 0 Å². The molecule has 0 aliphatic carbocycles. The molecule has 2 N–H and O–H groups in total. The molecular weight excluding hydrogens is 374 g/mol.